The molecule has 2 aromatic carbocycles. The van der Waals surface area contributed by atoms with Crippen LogP contribution in [0.15, 0.2) is 66.1 Å². The fourth-order valence-electron chi connectivity index (χ4n) is 2.86. The van der Waals surface area contributed by atoms with Gasteiger partial charge in [0.2, 0.25) is 10.0 Å². The Hall–Kier alpha value is -2.91. The molecule has 1 N–H and O–H groups in total. The molecule has 0 radical (unpaired) electrons. The molecule has 0 aliphatic rings. The van der Waals surface area contributed by atoms with E-state index in [9.17, 15) is 8.42 Å². The first-order valence-electron chi connectivity index (χ1n) is 9.32. The molecule has 3 aromatic rings. The van der Waals surface area contributed by atoms with E-state index in [2.05, 4.69) is 14.8 Å². The fourth-order valence-corrected chi connectivity index (χ4v) is 4.09. The van der Waals surface area contributed by atoms with Crippen LogP contribution in [0, 0.1) is 0 Å². The van der Waals surface area contributed by atoms with Gasteiger partial charge < -0.3 is 9.47 Å². The summed E-state index contributed by atoms with van der Waals surface area (Å²) in [5.41, 5.74) is 0.822. The maximum absolute atomic E-state index is 13.1. The van der Waals surface area contributed by atoms with Crippen molar-refractivity contribution in [1.82, 2.24) is 19.5 Å². The van der Waals surface area contributed by atoms with Crippen LogP contribution in [0.2, 0.25) is 0 Å². The van der Waals surface area contributed by atoms with Crippen LogP contribution in [0.4, 0.5) is 0 Å². The molecule has 0 aliphatic heterocycles. The Bertz CT molecular complexity index is 1010. The molecule has 29 heavy (non-hydrogen) atoms. The monoisotopic (exact) mass is 416 g/mol. The van der Waals surface area contributed by atoms with E-state index in [-0.39, 0.29) is 4.90 Å². The van der Waals surface area contributed by atoms with Crippen LogP contribution in [0.5, 0.6) is 11.5 Å². The second kappa shape index (κ2) is 9.53. The van der Waals surface area contributed by atoms with Gasteiger partial charge in [0.05, 0.1) is 30.7 Å². The topological polar surface area (TPSA) is 95.3 Å². The van der Waals surface area contributed by atoms with E-state index in [1.807, 2.05) is 44.2 Å². The number of hydrogen-bond donors (Lipinski definition) is 1. The summed E-state index contributed by atoms with van der Waals surface area (Å²) < 4.78 is 41.7. The Morgan fingerprint density at radius 2 is 1.76 bits per heavy atom. The smallest absolute Gasteiger partial charge is 0.241 e. The molecule has 9 heteroatoms. The average molecular weight is 417 g/mol. The highest BCUT2D eigenvalue weighted by molar-refractivity contribution is 7.89. The Morgan fingerprint density at radius 1 is 1.03 bits per heavy atom. The number of rotatable bonds is 10. The minimum absolute atomic E-state index is 0.101. The summed E-state index contributed by atoms with van der Waals surface area (Å²) in [5.74, 6) is 0.903. The number of nitrogens with zero attached hydrogens (tertiary/aromatic N) is 3. The Morgan fingerprint density at radius 3 is 2.41 bits per heavy atom. The Kier molecular flexibility index (Phi) is 6.84. The van der Waals surface area contributed by atoms with E-state index in [1.165, 1.54) is 18.5 Å². The van der Waals surface area contributed by atoms with Gasteiger partial charge in [0, 0.05) is 6.07 Å². The van der Waals surface area contributed by atoms with E-state index in [4.69, 9.17) is 9.47 Å². The van der Waals surface area contributed by atoms with Crippen LogP contribution in [0.1, 0.15) is 25.5 Å². The lowest BCUT2D eigenvalue weighted by molar-refractivity contribution is 0.287. The number of nitrogens with one attached hydrogen (secondary N) is 1. The quantitative estimate of drug-likeness (QED) is 0.546. The van der Waals surface area contributed by atoms with Gasteiger partial charge in [-0.3, -0.25) is 4.68 Å². The van der Waals surface area contributed by atoms with Gasteiger partial charge in [-0.05, 0) is 31.5 Å². The van der Waals surface area contributed by atoms with E-state index >= 15 is 0 Å². The summed E-state index contributed by atoms with van der Waals surface area (Å²) in [4.78, 5) is 4.03. The Labute approximate surface area is 170 Å². The summed E-state index contributed by atoms with van der Waals surface area (Å²) in [5, 5.41) is 4.09. The molecule has 1 unspecified atom stereocenters. The third kappa shape index (κ3) is 5.33. The van der Waals surface area contributed by atoms with E-state index < -0.39 is 16.1 Å². The van der Waals surface area contributed by atoms with Crippen molar-refractivity contribution in [1.29, 1.82) is 0 Å². The molecule has 0 saturated carbocycles. The number of sulfonamides is 1. The van der Waals surface area contributed by atoms with Crippen LogP contribution < -0.4 is 14.2 Å². The maximum atomic E-state index is 13.1. The van der Waals surface area contributed by atoms with Crippen molar-refractivity contribution in [3.8, 4) is 11.5 Å². The second-order valence-corrected chi connectivity index (χ2v) is 7.89. The molecule has 0 fully saturated rings. The van der Waals surface area contributed by atoms with Crippen molar-refractivity contribution in [2.75, 3.05) is 13.2 Å². The van der Waals surface area contributed by atoms with Crippen LogP contribution in [0.25, 0.3) is 0 Å². The zero-order valence-electron chi connectivity index (χ0n) is 16.4. The first-order chi connectivity index (χ1) is 14.0. The van der Waals surface area contributed by atoms with Gasteiger partial charge in [-0.1, -0.05) is 30.3 Å². The normalized spacial score (nSPS) is 12.5. The van der Waals surface area contributed by atoms with Gasteiger partial charge in [0.25, 0.3) is 0 Å². The molecule has 0 amide bonds. The average Bonchev–Trinajstić information content (AvgIpc) is 3.23. The van der Waals surface area contributed by atoms with Gasteiger partial charge in [-0.25, -0.2) is 18.1 Å². The predicted molar refractivity (Wildman–Crippen MR) is 108 cm³/mol. The van der Waals surface area contributed by atoms with Gasteiger partial charge in [0.15, 0.2) is 11.5 Å². The third-order valence-electron chi connectivity index (χ3n) is 4.16. The SMILES string of the molecule is CCOc1ccc(S(=O)(=O)NC(Cn2cncn2)c2ccccc2)cc1OCC. The third-order valence-corrected chi connectivity index (χ3v) is 5.63. The van der Waals surface area contributed by atoms with Crippen molar-refractivity contribution in [2.24, 2.45) is 0 Å². The maximum Gasteiger partial charge on any atom is 0.241 e. The molecule has 0 spiro atoms. The largest absolute Gasteiger partial charge is 0.490 e. The summed E-state index contributed by atoms with van der Waals surface area (Å²) in [7, 11) is -3.83. The van der Waals surface area contributed by atoms with Crippen molar-refractivity contribution in [3.05, 3.63) is 66.7 Å². The van der Waals surface area contributed by atoms with E-state index in [0.29, 0.717) is 31.3 Å². The van der Waals surface area contributed by atoms with Crippen LogP contribution in [0.3, 0.4) is 0 Å². The van der Waals surface area contributed by atoms with Crippen molar-refractivity contribution in [2.45, 2.75) is 31.3 Å². The van der Waals surface area contributed by atoms with Gasteiger partial charge in [-0.15, -0.1) is 0 Å². The molecule has 154 valence electrons. The molecular formula is C20H24N4O4S. The minimum atomic E-state index is -3.83. The molecular weight excluding hydrogens is 392 g/mol. The highest BCUT2D eigenvalue weighted by Gasteiger charge is 2.23. The second-order valence-electron chi connectivity index (χ2n) is 6.18. The summed E-state index contributed by atoms with van der Waals surface area (Å²) >= 11 is 0. The molecule has 1 heterocycles. The first-order valence-corrected chi connectivity index (χ1v) is 10.8. The van der Waals surface area contributed by atoms with E-state index in [1.54, 1.807) is 17.1 Å². The molecule has 0 aliphatic carbocycles. The van der Waals surface area contributed by atoms with Gasteiger partial charge >= 0.3 is 0 Å². The molecule has 3 rings (SSSR count). The number of ether oxygens (including phenoxy) is 2. The lowest BCUT2D eigenvalue weighted by Crippen LogP contribution is -2.31. The van der Waals surface area contributed by atoms with Crippen LogP contribution in [-0.2, 0) is 16.6 Å². The standard InChI is InChI=1S/C20H24N4O4S/c1-3-27-19-11-10-17(12-20(19)28-4-2)29(25,26)23-18(13-24-15-21-14-22-24)16-8-6-5-7-9-16/h5-12,14-15,18,23H,3-4,13H2,1-2H3. The van der Waals surface area contributed by atoms with Crippen molar-refractivity contribution in [3.63, 3.8) is 0 Å². The summed E-state index contributed by atoms with van der Waals surface area (Å²) in [6.07, 6.45) is 2.96. The number of hydrogen-bond acceptors (Lipinski definition) is 6. The highest BCUT2D eigenvalue weighted by Crippen LogP contribution is 2.31. The van der Waals surface area contributed by atoms with Gasteiger partial charge in [0.1, 0.15) is 12.7 Å². The number of aromatic nitrogens is 3. The fraction of sp³-hybridized carbons (Fsp3) is 0.300. The predicted octanol–water partition coefficient (Wildman–Crippen LogP) is 2.80. The highest BCUT2D eigenvalue weighted by atomic mass is 32.2. The molecule has 0 saturated heterocycles. The minimum Gasteiger partial charge on any atom is -0.490 e. The lowest BCUT2D eigenvalue weighted by atomic mass is 10.1. The van der Waals surface area contributed by atoms with Crippen molar-refractivity contribution < 1.29 is 17.9 Å². The summed E-state index contributed by atoms with van der Waals surface area (Å²) in [6, 6.07) is 13.4. The summed E-state index contributed by atoms with van der Waals surface area (Å²) in [6.45, 7) is 4.85. The molecule has 1 atom stereocenters. The van der Waals surface area contributed by atoms with Crippen molar-refractivity contribution >= 4 is 10.0 Å². The zero-order chi connectivity index (χ0) is 20.7. The van der Waals surface area contributed by atoms with E-state index in [0.717, 1.165) is 5.56 Å². The molecule has 0 bridgehead atoms. The Balaban J connectivity index is 1.91. The molecule has 1 aromatic heterocycles. The van der Waals surface area contributed by atoms with Crippen LogP contribution in [-0.4, -0.2) is 36.4 Å². The van der Waals surface area contributed by atoms with Gasteiger partial charge in [-0.2, -0.15) is 5.10 Å². The molecule has 8 nitrogen and oxygen atoms in total. The number of benzene rings is 2. The zero-order valence-corrected chi connectivity index (χ0v) is 17.2. The van der Waals surface area contributed by atoms with Crippen LogP contribution >= 0.6 is 0 Å². The first kappa shape index (κ1) is 20.8. The lowest BCUT2D eigenvalue weighted by Gasteiger charge is -2.20.